The lowest BCUT2D eigenvalue weighted by atomic mass is 9.99. The second-order valence-electron chi connectivity index (χ2n) is 3.30. The molecule has 0 heterocycles. The number of nitrogens with two attached hydrogens (primary N) is 1. The number of hydrogen-bond donors (Lipinski definition) is 2. The number of hydrogen-bond acceptors (Lipinski definition) is 2. The van der Waals surface area contributed by atoms with Crippen molar-refractivity contribution in [3.05, 3.63) is 35.4 Å². The highest BCUT2D eigenvalue weighted by Gasteiger charge is 2.13. The molecule has 15 heavy (non-hydrogen) atoms. The van der Waals surface area contributed by atoms with Crippen molar-refractivity contribution in [3.8, 4) is 12.3 Å². The maximum Gasteiger partial charge on any atom is 0.320 e. The van der Waals surface area contributed by atoms with Crippen LogP contribution >= 0.6 is 0 Å². The van der Waals surface area contributed by atoms with Gasteiger partial charge in [0.05, 0.1) is 0 Å². The first kappa shape index (κ1) is 11.3. The van der Waals surface area contributed by atoms with E-state index in [2.05, 4.69) is 5.92 Å². The van der Waals surface area contributed by atoms with E-state index in [1.807, 2.05) is 24.3 Å². The van der Waals surface area contributed by atoms with Gasteiger partial charge in [0.2, 0.25) is 0 Å². The Hall–Kier alpha value is -1.79. The number of benzene rings is 1. The molecule has 0 spiro atoms. The molecule has 3 N–H and O–H groups in total. The molecule has 0 bridgehead atoms. The number of carboxylic acid groups (broad SMARTS) is 1. The van der Waals surface area contributed by atoms with E-state index >= 15 is 0 Å². The number of carboxylic acids is 1. The number of carbonyl (C=O) groups is 1. The van der Waals surface area contributed by atoms with Crippen LogP contribution in [-0.2, 0) is 17.6 Å². The van der Waals surface area contributed by atoms with E-state index < -0.39 is 12.0 Å². The Morgan fingerprint density at radius 2 is 2.07 bits per heavy atom. The van der Waals surface area contributed by atoms with E-state index in [9.17, 15) is 4.79 Å². The molecular formula is C12H13NO2. The van der Waals surface area contributed by atoms with Gasteiger partial charge in [-0.25, -0.2) is 0 Å². The summed E-state index contributed by atoms with van der Waals surface area (Å²) in [7, 11) is 0. The smallest absolute Gasteiger partial charge is 0.320 e. The number of aliphatic carboxylic acids is 1. The average molecular weight is 203 g/mol. The molecule has 0 aliphatic carbocycles. The Bertz CT molecular complexity index is 393. The molecule has 1 aromatic carbocycles. The Morgan fingerprint density at radius 1 is 1.47 bits per heavy atom. The summed E-state index contributed by atoms with van der Waals surface area (Å²) in [4.78, 5) is 10.6. The lowest BCUT2D eigenvalue weighted by Crippen LogP contribution is -2.32. The third-order valence-corrected chi connectivity index (χ3v) is 2.17. The predicted octanol–water partition coefficient (Wildman–Crippen LogP) is 0.817. The molecule has 0 amide bonds. The van der Waals surface area contributed by atoms with Gasteiger partial charge in [0.25, 0.3) is 0 Å². The van der Waals surface area contributed by atoms with Crippen molar-refractivity contribution < 1.29 is 9.90 Å². The van der Waals surface area contributed by atoms with Gasteiger partial charge in [-0.15, -0.1) is 12.3 Å². The summed E-state index contributed by atoms with van der Waals surface area (Å²) in [5.74, 6) is 1.54. The van der Waals surface area contributed by atoms with Crippen molar-refractivity contribution in [2.75, 3.05) is 0 Å². The summed E-state index contributed by atoms with van der Waals surface area (Å²) in [5, 5.41) is 8.70. The van der Waals surface area contributed by atoms with Crippen LogP contribution in [0.3, 0.4) is 0 Å². The highest BCUT2D eigenvalue weighted by molar-refractivity contribution is 5.73. The summed E-state index contributed by atoms with van der Waals surface area (Å²) >= 11 is 0. The van der Waals surface area contributed by atoms with Gasteiger partial charge >= 0.3 is 5.97 Å². The molecule has 78 valence electrons. The van der Waals surface area contributed by atoms with Gasteiger partial charge in [-0.05, 0) is 17.5 Å². The quantitative estimate of drug-likeness (QED) is 0.712. The number of terminal acetylenes is 1. The van der Waals surface area contributed by atoms with Crippen molar-refractivity contribution in [2.24, 2.45) is 5.73 Å². The first-order chi connectivity index (χ1) is 7.15. The minimum Gasteiger partial charge on any atom is -0.480 e. The summed E-state index contributed by atoms with van der Waals surface area (Å²) in [6, 6.07) is 6.61. The minimum atomic E-state index is -0.995. The maximum absolute atomic E-state index is 10.6. The highest BCUT2D eigenvalue weighted by Crippen LogP contribution is 2.11. The van der Waals surface area contributed by atoms with Gasteiger partial charge < -0.3 is 10.8 Å². The highest BCUT2D eigenvalue weighted by atomic mass is 16.4. The van der Waals surface area contributed by atoms with Crippen LogP contribution in [-0.4, -0.2) is 17.1 Å². The Labute approximate surface area is 88.9 Å². The first-order valence-electron chi connectivity index (χ1n) is 4.63. The lowest BCUT2D eigenvalue weighted by Gasteiger charge is -2.09. The van der Waals surface area contributed by atoms with Crippen LogP contribution in [0.25, 0.3) is 0 Å². The minimum absolute atomic E-state index is 0.313. The number of rotatable bonds is 4. The van der Waals surface area contributed by atoms with Crippen LogP contribution in [0.5, 0.6) is 0 Å². The lowest BCUT2D eigenvalue weighted by molar-refractivity contribution is -0.138. The maximum atomic E-state index is 10.6. The normalized spacial score (nSPS) is 11.7. The molecule has 0 aliphatic heterocycles. The van der Waals surface area contributed by atoms with Crippen molar-refractivity contribution >= 4 is 5.97 Å². The molecule has 0 aromatic heterocycles. The van der Waals surface area contributed by atoms with Gasteiger partial charge in [-0.3, -0.25) is 4.79 Å². The summed E-state index contributed by atoms with van der Waals surface area (Å²) in [6.07, 6.45) is 6.04. The van der Waals surface area contributed by atoms with E-state index in [0.717, 1.165) is 11.1 Å². The standard InChI is InChI=1S/C12H13NO2/c1-2-5-9-6-3-4-7-10(9)8-11(13)12(14)15/h1,3-4,6-7,11H,5,8,13H2,(H,14,15). The second kappa shape index (κ2) is 5.18. The molecule has 0 aliphatic rings. The molecule has 1 aromatic rings. The van der Waals surface area contributed by atoms with E-state index in [1.54, 1.807) is 0 Å². The van der Waals surface area contributed by atoms with E-state index in [-0.39, 0.29) is 0 Å². The van der Waals surface area contributed by atoms with Gasteiger partial charge in [-0.1, -0.05) is 24.3 Å². The fourth-order valence-electron chi connectivity index (χ4n) is 1.36. The Balaban J connectivity index is 2.85. The molecule has 0 radical (unpaired) electrons. The molecule has 1 atom stereocenters. The molecule has 1 unspecified atom stereocenters. The molecule has 3 heteroatoms. The van der Waals surface area contributed by atoms with Crippen LogP contribution in [0.2, 0.25) is 0 Å². The molecular weight excluding hydrogens is 190 g/mol. The van der Waals surface area contributed by atoms with Crippen LogP contribution in [0.4, 0.5) is 0 Å². The summed E-state index contributed by atoms with van der Waals surface area (Å²) < 4.78 is 0. The van der Waals surface area contributed by atoms with Gasteiger partial charge in [0, 0.05) is 6.42 Å². The Kier molecular flexibility index (Phi) is 3.90. The second-order valence-corrected chi connectivity index (χ2v) is 3.30. The molecule has 0 fully saturated rings. The average Bonchev–Trinajstić information content (AvgIpc) is 2.21. The van der Waals surface area contributed by atoms with Crippen LogP contribution < -0.4 is 5.73 Å². The summed E-state index contributed by atoms with van der Waals surface area (Å²) in [6.45, 7) is 0. The fourth-order valence-corrected chi connectivity index (χ4v) is 1.36. The van der Waals surface area contributed by atoms with Crippen molar-refractivity contribution in [1.29, 1.82) is 0 Å². The SMILES string of the molecule is C#CCc1ccccc1CC(N)C(=O)O. The molecule has 0 saturated heterocycles. The first-order valence-corrected chi connectivity index (χ1v) is 4.63. The third-order valence-electron chi connectivity index (χ3n) is 2.17. The predicted molar refractivity (Wildman–Crippen MR) is 58.3 cm³/mol. The zero-order valence-corrected chi connectivity index (χ0v) is 8.31. The monoisotopic (exact) mass is 203 g/mol. The fraction of sp³-hybridized carbons (Fsp3) is 0.250. The molecule has 3 nitrogen and oxygen atoms in total. The van der Waals surface area contributed by atoms with Crippen molar-refractivity contribution in [2.45, 2.75) is 18.9 Å². The topological polar surface area (TPSA) is 63.3 Å². The van der Waals surface area contributed by atoms with Crippen LogP contribution in [0, 0.1) is 12.3 Å². The van der Waals surface area contributed by atoms with Crippen molar-refractivity contribution in [1.82, 2.24) is 0 Å². The van der Waals surface area contributed by atoms with Crippen LogP contribution in [0.15, 0.2) is 24.3 Å². The van der Waals surface area contributed by atoms with Gasteiger partial charge in [0.15, 0.2) is 0 Å². The zero-order chi connectivity index (χ0) is 11.3. The van der Waals surface area contributed by atoms with E-state index in [4.69, 9.17) is 17.3 Å². The van der Waals surface area contributed by atoms with Crippen LogP contribution in [0.1, 0.15) is 11.1 Å². The zero-order valence-electron chi connectivity index (χ0n) is 8.31. The third kappa shape index (κ3) is 3.12. The summed E-state index contributed by atoms with van der Waals surface area (Å²) in [5.41, 5.74) is 7.34. The molecule has 0 saturated carbocycles. The van der Waals surface area contributed by atoms with Crippen molar-refractivity contribution in [3.63, 3.8) is 0 Å². The largest absolute Gasteiger partial charge is 0.480 e. The van der Waals surface area contributed by atoms with Gasteiger partial charge in [0.1, 0.15) is 6.04 Å². The van der Waals surface area contributed by atoms with E-state index in [0.29, 0.717) is 12.8 Å². The Morgan fingerprint density at radius 3 is 2.60 bits per heavy atom. The van der Waals surface area contributed by atoms with E-state index in [1.165, 1.54) is 0 Å². The molecule has 1 rings (SSSR count). The van der Waals surface area contributed by atoms with Gasteiger partial charge in [-0.2, -0.15) is 0 Å².